The molecule has 1 N–H and O–H groups in total. The molecular formula is C13H19NO3. The van der Waals surface area contributed by atoms with E-state index >= 15 is 0 Å². The van der Waals surface area contributed by atoms with Crippen LogP contribution in [0.25, 0.3) is 0 Å². The first-order valence-electron chi connectivity index (χ1n) is 5.75. The summed E-state index contributed by atoms with van der Waals surface area (Å²) in [5, 5.41) is 9.08. The minimum absolute atomic E-state index is 0.220. The lowest BCUT2D eigenvalue weighted by Crippen LogP contribution is -2.22. The van der Waals surface area contributed by atoms with Gasteiger partial charge in [0.2, 0.25) is 0 Å². The van der Waals surface area contributed by atoms with E-state index in [0.29, 0.717) is 12.3 Å². The summed E-state index contributed by atoms with van der Waals surface area (Å²) in [6.07, 6.45) is 0. The Kier molecular flexibility index (Phi) is 4.97. The molecule has 94 valence electrons. The molecule has 0 spiro atoms. The first kappa shape index (κ1) is 13.5. The molecule has 0 amide bonds. The Morgan fingerprint density at radius 3 is 2.47 bits per heavy atom. The summed E-state index contributed by atoms with van der Waals surface area (Å²) in [7, 11) is 1.51. The van der Waals surface area contributed by atoms with Gasteiger partial charge in [-0.15, -0.1) is 0 Å². The van der Waals surface area contributed by atoms with Crippen LogP contribution in [0.4, 0.5) is 0 Å². The van der Waals surface area contributed by atoms with Crippen LogP contribution in [0.5, 0.6) is 5.75 Å². The predicted octanol–water partition coefficient (Wildman–Crippen LogP) is 2.24. The van der Waals surface area contributed by atoms with Gasteiger partial charge in [0.1, 0.15) is 11.3 Å². The second-order valence-corrected chi connectivity index (χ2v) is 3.76. The number of para-hydroxylation sites is 1. The van der Waals surface area contributed by atoms with Crippen LogP contribution in [0.15, 0.2) is 18.2 Å². The Labute approximate surface area is 102 Å². The molecule has 1 aromatic carbocycles. The fourth-order valence-corrected chi connectivity index (χ4v) is 1.81. The fraction of sp³-hybridized carbons (Fsp3) is 0.462. The number of benzene rings is 1. The molecule has 0 radical (unpaired) electrons. The Balaban J connectivity index is 3.06. The summed E-state index contributed by atoms with van der Waals surface area (Å²) in [5.74, 6) is -0.491. The second kappa shape index (κ2) is 6.25. The van der Waals surface area contributed by atoms with Crippen molar-refractivity contribution in [2.24, 2.45) is 0 Å². The Morgan fingerprint density at radius 2 is 2.00 bits per heavy atom. The van der Waals surface area contributed by atoms with Crippen molar-refractivity contribution in [3.8, 4) is 5.75 Å². The molecule has 0 aliphatic rings. The summed E-state index contributed by atoms with van der Waals surface area (Å²) in [4.78, 5) is 13.3. The van der Waals surface area contributed by atoms with Gasteiger partial charge in [0.25, 0.3) is 0 Å². The van der Waals surface area contributed by atoms with E-state index in [4.69, 9.17) is 9.84 Å². The number of methoxy groups -OCH3 is 1. The number of aromatic carboxylic acids is 1. The maximum absolute atomic E-state index is 11.1. The summed E-state index contributed by atoms with van der Waals surface area (Å²) in [5.41, 5.74) is 1.13. The lowest BCUT2D eigenvalue weighted by Gasteiger charge is -2.20. The second-order valence-electron chi connectivity index (χ2n) is 3.76. The molecule has 0 bridgehead atoms. The molecule has 0 aromatic heterocycles. The van der Waals surface area contributed by atoms with E-state index < -0.39 is 5.97 Å². The van der Waals surface area contributed by atoms with Crippen LogP contribution in [0.1, 0.15) is 29.8 Å². The molecule has 0 saturated carbocycles. The highest BCUT2D eigenvalue weighted by molar-refractivity contribution is 5.91. The van der Waals surface area contributed by atoms with E-state index in [0.717, 1.165) is 18.7 Å². The van der Waals surface area contributed by atoms with E-state index in [1.165, 1.54) is 7.11 Å². The average molecular weight is 237 g/mol. The maximum atomic E-state index is 11.1. The van der Waals surface area contributed by atoms with Crippen molar-refractivity contribution in [3.05, 3.63) is 29.3 Å². The molecule has 0 aliphatic heterocycles. The standard InChI is InChI=1S/C13H19NO3/c1-4-14(5-2)9-10-7-6-8-11(13(15)16)12(10)17-3/h6-8H,4-5,9H2,1-3H3,(H,15,16). The van der Waals surface area contributed by atoms with Gasteiger partial charge < -0.3 is 9.84 Å². The number of hydrogen-bond acceptors (Lipinski definition) is 3. The van der Waals surface area contributed by atoms with Gasteiger partial charge in [0.05, 0.1) is 7.11 Å². The minimum atomic E-state index is -0.955. The van der Waals surface area contributed by atoms with Crippen molar-refractivity contribution < 1.29 is 14.6 Å². The van der Waals surface area contributed by atoms with Crippen LogP contribution < -0.4 is 4.74 Å². The zero-order valence-electron chi connectivity index (χ0n) is 10.6. The average Bonchev–Trinajstić information content (AvgIpc) is 2.35. The number of hydrogen-bond donors (Lipinski definition) is 1. The molecule has 0 heterocycles. The number of carbonyl (C=O) groups is 1. The zero-order valence-corrected chi connectivity index (χ0v) is 10.6. The van der Waals surface area contributed by atoms with Crippen molar-refractivity contribution in [1.82, 2.24) is 4.90 Å². The number of carboxylic acid groups (broad SMARTS) is 1. The molecule has 0 unspecified atom stereocenters. The lowest BCUT2D eigenvalue weighted by molar-refractivity contribution is 0.0693. The van der Waals surface area contributed by atoms with Crippen LogP contribution in [-0.4, -0.2) is 36.2 Å². The molecule has 4 nitrogen and oxygen atoms in total. The van der Waals surface area contributed by atoms with Crippen LogP contribution in [0.3, 0.4) is 0 Å². The molecule has 0 atom stereocenters. The zero-order chi connectivity index (χ0) is 12.8. The Bertz CT molecular complexity index is 386. The SMILES string of the molecule is CCN(CC)Cc1cccc(C(=O)O)c1OC. The number of carboxylic acids is 1. The third kappa shape index (κ3) is 3.20. The van der Waals surface area contributed by atoms with Gasteiger partial charge in [-0.3, -0.25) is 4.90 Å². The number of ether oxygens (including phenoxy) is 1. The van der Waals surface area contributed by atoms with Gasteiger partial charge in [-0.2, -0.15) is 0 Å². The minimum Gasteiger partial charge on any atom is -0.496 e. The monoisotopic (exact) mass is 237 g/mol. The topological polar surface area (TPSA) is 49.8 Å². The highest BCUT2D eigenvalue weighted by Gasteiger charge is 2.15. The Hall–Kier alpha value is -1.55. The maximum Gasteiger partial charge on any atom is 0.339 e. The first-order chi connectivity index (χ1) is 8.13. The number of nitrogens with zero attached hydrogens (tertiary/aromatic N) is 1. The van der Waals surface area contributed by atoms with Crippen LogP contribution in [-0.2, 0) is 6.54 Å². The first-order valence-corrected chi connectivity index (χ1v) is 5.75. The van der Waals surface area contributed by atoms with Gasteiger partial charge in [-0.05, 0) is 19.2 Å². The van der Waals surface area contributed by atoms with Gasteiger partial charge in [-0.25, -0.2) is 4.79 Å². The predicted molar refractivity (Wildman–Crippen MR) is 66.6 cm³/mol. The van der Waals surface area contributed by atoms with Crippen LogP contribution in [0.2, 0.25) is 0 Å². The van der Waals surface area contributed by atoms with Gasteiger partial charge in [-0.1, -0.05) is 26.0 Å². The van der Waals surface area contributed by atoms with E-state index in [-0.39, 0.29) is 5.56 Å². The third-order valence-electron chi connectivity index (χ3n) is 2.82. The van der Waals surface area contributed by atoms with E-state index in [9.17, 15) is 4.79 Å². The summed E-state index contributed by atoms with van der Waals surface area (Å²) in [6.45, 7) is 6.72. The highest BCUT2D eigenvalue weighted by Crippen LogP contribution is 2.25. The highest BCUT2D eigenvalue weighted by atomic mass is 16.5. The molecular weight excluding hydrogens is 218 g/mol. The van der Waals surface area contributed by atoms with Crippen molar-refractivity contribution in [1.29, 1.82) is 0 Å². The molecule has 4 heteroatoms. The molecule has 0 aliphatic carbocycles. The van der Waals surface area contributed by atoms with E-state index in [2.05, 4.69) is 18.7 Å². The van der Waals surface area contributed by atoms with Gasteiger partial charge in [0.15, 0.2) is 0 Å². The molecule has 1 rings (SSSR count). The lowest BCUT2D eigenvalue weighted by atomic mass is 10.1. The summed E-state index contributed by atoms with van der Waals surface area (Å²) in [6, 6.07) is 5.22. The van der Waals surface area contributed by atoms with Gasteiger partial charge in [0, 0.05) is 12.1 Å². The van der Waals surface area contributed by atoms with Gasteiger partial charge >= 0.3 is 5.97 Å². The molecule has 0 saturated heterocycles. The van der Waals surface area contributed by atoms with Crippen molar-refractivity contribution in [2.75, 3.05) is 20.2 Å². The van der Waals surface area contributed by atoms with Crippen molar-refractivity contribution in [2.45, 2.75) is 20.4 Å². The summed E-state index contributed by atoms with van der Waals surface area (Å²) >= 11 is 0. The summed E-state index contributed by atoms with van der Waals surface area (Å²) < 4.78 is 5.22. The quantitative estimate of drug-likeness (QED) is 0.824. The van der Waals surface area contributed by atoms with E-state index in [1.54, 1.807) is 12.1 Å². The van der Waals surface area contributed by atoms with Crippen LogP contribution >= 0.6 is 0 Å². The molecule has 17 heavy (non-hydrogen) atoms. The molecule has 1 aromatic rings. The van der Waals surface area contributed by atoms with Crippen molar-refractivity contribution in [3.63, 3.8) is 0 Å². The number of rotatable bonds is 6. The third-order valence-corrected chi connectivity index (χ3v) is 2.82. The Morgan fingerprint density at radius 1 is 1.35 bits per heavy atom. The largest absolute Gasteiger partial charge is 0.496 e. The smallest absolute Gasteiger partial charge is 0.339 e. The normalized spacial score (nSPS) is 10.6. The fourth-order valence-electron chi connectivity index (χ4n) is 1.81. The molecule has 0 fully saturated rings. The van der Waals surface area contributed by atoms with Crippen LogP contribution in [0, 0.1) is 0 Å². The van der Waals surface area contributed by atoms with Crippen molar-refractivity contribution >= 4 is 5.97 Å². The van der Waals surface area contributed by atoms with E-state index in [1.807, 2.05) is 6.07 Å².